The van der Waals surface area contributed by atoms with Crippen LogP contribution >= 0.6 is 0 Å². The van der Waals surface area contributed by atoms with Crippen LogP contribution in [-0.4, -0.2) is 4.98 Å². The number of hydrogen-bond donors (Lipinski definition) is 0. The molecule has 3 rings (SSSR count). The van der Waals surface area contributed by atoms with Crippen LogP contribution in [0.5, 0.6) is 0 Å². The second-order valence-electron chi connectivity index (χ2n) is 4.62. The van der Waals surface area contributed by atoms with E-state index in [-0.39, 0.29) is 0 Å². The van der Waals surface area contributed by atoms with Gasteiger partial charge in [0, 0.05) is 11.8 Å². The predicted octanol–water partition coefficient (Wildman–Crippen LogP) is 4.72. The maximum Gasteiger partial charge on any atom is 0.0708 e. The quantitative estimate of drug-likeness (QED) is 0.636. The van der Waals surface area contributed by atoms with Gasteiger partial charge in [-0.15, -0.1) is 0 Å². The highest BCUT2D eigenvalue weighted by Crippen LogP contribution is 2.27. The van der Waals surface area contributed by atoms with Crippen molar-refractivity contribution in [2.24, 2.45) is 0 Å². The highest BCUT2D eigenvalue weighted by molar-refractivity contribution is 5.72. The fourth-order valence-electron chi connectivity index (χ4n) is 2.22. The predicted molar refractivity (Wildman–Crippen MR) is 79.8 cm³/mol. The van der Waals surface area contributed by atoms with Gasteiger partial charge in [-0.25, -0.2) is 0 Å². The lowest BCUT2D eigenvalue weighted by atomic mass is 10.00. The van der Waals surface area contributed by atoms with Crippen LogP contribution in [0.4, 0.5) is 0 Å². The Hall–Kier alpha value is -2.41. The van der Waals surface area contributed by atoms with Gasteiger partial charge in [-0.1, -0.05) is 60.7 Å². The maximum atomic E-state index is 4.53. The van der Waals surface area contributed by atoms with Crippen molar-refractivity contribution in [1.82, 2.24) is 4.98 Å². The summed E-state index contributed by atoms with van der Waals surface area (Å²) in [6.45, 7) is 2.10. The van der Waals surface area contributed by atoms with Gasteiger partial charge in [0.15, 0.2) is 0 Å². The number of nitrogens with zero attached hydrogens (tertiary/aromatic N) is 1. The van der Waals surface area contributed by atoms with Crippen LogP contribution in [-0.2, 0) is 0 Å². The van der Waals surface area contributed by atoms with Crippen LogP contribution < -0.4 is 0 Å². The average Bonchev–Trinajstić information content (AvgIpc) is 2.49. The summed E-state index contributed by atoms with van der Waals surface area (Å²) in [7, 11) is 0. The van der Waals surface area contributed by atoms with E-state index in [4.69, 9.17) is 0 Å². The number of pyridine rings is 1. The minimum absolute atomic E-state index is 1.02. The Morgan fingerprint density at radius 3 is 1.95 bits per heavy atom. The van der Waals surface area contributed by atoms with E-state index in [1.807, 2.05) is 30.5 Å². The van der Waals surface area contributed by atoms with Crippen molar-refractivity contribution in [2.75, 3.05) is 0 Å². The van der Waals surface area contributed by atoms with Crippen molar-refractivity contribution in [3.05, 3.63) is 78.5 Å². The Bertz CT molecular complexity index is 673. The summed E-state index contributed by atoms with van der Waals surface area (Å²) >= 11 is 0. The molecule has 1 nitrogen and oxygen atoms in total. The molecule has 0 atom stereocenters. The molecule has 0 saturated carbocycles. The number of rotatable bonds is 2. The molecule has 92 valence electrons. The molecule has 2 aromatic carbocycles. The molecule has 0 saturated heterocycles. The Balaban J connectivity index is 2.12. The number of benzene rings is 2. The lowest BCUT2D eigenvalue weighted by Gasteiger charge is -2.08. The zero-order valence-electron chi connectivity index (χ0n) is 10.9. The highest BCUT2D eigenvalue weighted by Gasteiger charge is 2.05. The van der Waals surface area contributed by atoms with Crippen molar-refractivity contribution in [1.29, 1.82) is 0 Å². The molecule has 0 N–H and O–H groups in total. The summed E-state index contributed by atoms with van der Waals surface area (Å²) in [4.78, 5) is 4.53. The van der Waals surface area contributed by atoms with Gasteiger partial charge in [0.05, 0.1) is 5.69 Å². The topological polar surface area (TPSA) is 12.9 Å². The molecular weight excluding hydrogens is 230 g/mol. The molecule has 1 aromatic heterocycles. The zero-order chi connectivity index (χ0) is 13.1. The first-order valence-corrected chi connectivity index (χ1v) is 6.42. The van der Waals surface area contributed by atoms with Gasteiger partial charge in [-0.3, -0.25) is 4.98 Å². The molecule has 3 aromatic rings. The van der Waals surface area contributed by atoms with Gasteiger partial charge in [0.2, 0.25) is 0 Å². The van der Waals surface area contributed by atoms with E-state index in [0.29, 0.717) is 0 Å². The largest absolute Gasteiger partial charge is 0.256 e. The molecule has 0 aliphatic carbocycles. The average molecular weight is 245 g/mol. The van der Waals surface area contributed by atoms with E-state index in [1.54, 1.807) is 0 Å². The molecule has 0 unspecified atom stereocenters. The van der Waals surface area contributed by atoms with E-state index in [2.05, 4.69) is 54.4 Å². The third-order valence-electron chi connectivity index (χ3n) is 3.26. The molecular formula is C18H15N. The van der Waals surface area contributed by atoms with Crippen molar-refractivity contribution < 1.29 is 0 Å². The summed E-state index contributed by atoms with van der Waals surface area (Å²) in [6.07, 6.45) is 1.95. The molecule has 0 spiro atoms. The van der Waals surface area contributed by atoms with Crippen molar-refractivity contribution in [3.8, 4) is 22.4 Å². The van der Waals surface area contributed by atoms with Crippen LogP contribution in [0.2, 0.25) is 0 Å². The first kappa shape index (κ1) is 11.7. The third-order valence-corrected chi connectivity index (χ3v) is 3.26. The van der Waals surface area contributed by atoms with Gasteiger partial charge in [-0.05, 0) is 29.7 Å². The molecule has 0 radical (unpaired) electrons. The monoisotopic (exact) mass is 245 g/mol. The number of aromatic nitrogens is 1. The maximum absolute atomic E-state index is 4.53. The lowest BCUT2D eigenvalue weighted by Crippen LogP contribution is -1.89. The minimum Gasteiger partial charge on any atom is -0.256 e. The normalized spacial score (nSPS) is 10.4. The van der Waals surface area contributed by atoms with Crippen LogP contribution in [0.15, 0.2) is 72.9 Å². The van der Waals surface area contributed by atoms with Crippen LogP contribution in [0.3, 0.4) is 0 Å². The van der Waals surface area contributed by atoms with Crippen LogP contribution in [0.1, 0.15) is 5.56 Å². The van der Waals surface area contributed by atoms with Crippen LogP contribution in [0.25, 0.3) is 22.4 Å². The molecule has 1 heterocycles. The summed E-state index contributed by atoms with van der Waals surface area (Å²) in [6, 6.07) is 22.9. The van der Waals surface area contributed by atoms with Gasteiger partial charge in [-0.2, -0.15) is 0 Å². The number of hydrogen-bond acceptors (Lipinski definition) is 1. The molecule has 0 bridgehead atoms. The number of aryl methyl sites for hydroxylation is 1. The van der Waals surface area contributed by atoms with Crippen LogP contribution in [0, 0.1) is 6.92 Å². The SMILES string of the molecule is Cc1cnc(-c2ccccc2)cc1-c1ccccc1. The third kappa shape index (κ3) is 2.41. The fourth-order valence-corrected chi connectivity index (χ4v) is 2.22. The molecule has 0 amide bonds. The van der Waals surface area contributed by atoms with Gasteiger partial charge in [0.1, 0.15) is 0 Å². The van der Waals surface area contributed by atoms with Gasteiger partial charge < -0.3 is 0 Å². The summed E-state index contributed by atoms with van der Waals surface area (Å²) in [5.74, 6) is 0. The highest BCUT2D eigenvalue weighted by atomic mass is 14.7. The smallest absolute Gasteiger partial charge is 0.0708 e. The first-order chi connectivity index (χ1) is 9.34. The lowest BCUT2D eigenvalue weighted by molar-refractivity contribution is 1.27. The van der Waals surface area contributed by atoms with Gasteiger partial charge >= 0.3 is 0 Å². The van der Waals surface area contributed by atoms with E-state index in [0.717, 1.165) is 11.3 Å². The molecule has 0 aliphatic rings. The Morgan fingerprint density at radius 2 is 1.32 bits per heavy atom. The second-order valence-corrected chi connectivity index (χ2v) is 4.62. The van der Waals surface area contributed by atoms with Crippen molar-refractivity contribution in [2.45, 2.75) is 6.92 Å². The van der Waals surface area contributed by atoms with Crippen molar-refractivity contribution in [3.63, 3.8) is 0 Å². The zero-order valence-corrected chi connectivity index (χ0v) is 10.9. The Morgan fingerprint density at radius 1 is 0.737 bits per heavy atom. The van der Waals surface area contributed by atoms with E-state index in [1.165, 1.54) is 16.7 Å². The molecule has 0 fully saturated rings. The van der Waals surface area contributed by atoms with E-state index >= 15 is 0 Å². The van der Waals surface area contributed by atoms with E-state index in [9.17, 15) is 0 Å². The Labute approximate surface area is 113 Å². The summed E-state index contributed by atoms with van der Waals surface area (Å²) in [5.41, 5.74) is 5.85. The van der Waals surface area contributed by atoms with E-state index < -0.39 is 0 Å². The Kier molecular flexibility index (Phi) is 3.11. The summed E-state index contributed by atoms with van der Waals surface area (Å²) in [5, 5.41) is 0. The van der Waals surface area contributed by atoms with Gasteiger partial charge in [0.25, 0.3) is 0 Å². The molecule has 0 aliphatic heterocycles. The fraction of sp³-hybridized carbons (Fsp3) is 0.0556. The second kappa shape index (κ2) is 5.07. The van der Waals surface area contributed by atoms with Crippen molar-refractivity contribution >= 4 is 0 Å². The molecule has 1 heteroatoms. The first-order valence-electron chi connectivity index (χ1n) is 6.42. The standard InChI is InChI=1S/C18H15N/c1-14-13-19-18(16-10-6-3-7-11-16)12-17(14)15-8-4-2-5-9-15/h2-13H,1H3. The minimum atomic E-state index is 1.02. The molecule has 19 heavy (non-hydrogen) atoms. The summed E-state index contributed by atoms with van der Waals surface area (Å²) < 4.78 is 0.